The van der Waals surface area contributed by atoms with E-state index in [2.05, 4.69) is 0 Å². The molecule has 4 aromatic rings. The maximum atomic E-state index is 13.3. The summed E-state index contributed by atoms with van der Waals surface area (Å²) in [6.07, 6.45) is 0. The number of nitrogens with zero attached hydrogens (tertiary/aromatic N) is 2. The Balaban J connectivity index is 0.000000216. The molecule has 0 unspecified atom stereocenters. The SMILES string of the molecule is Cc1cccc(-c2ccc(F)c([N+](=O)[O-])c2)c1C(=O)O.O=C(O)c1ccccc1-c1ccc(F)c([N+](=O)[O-])c1. The third-order valence-electron chi connectivity index (χ3n) is 5.55. The fourth-order valence-electron chi connectivity index (χ4n) is 3.75. The van der Waals surface area contributed by atoms with Crippen LogP contribution in [-0.2, 0) is 0 Å². The second kappa shape index (κ2) is 11.7. The van der Waals surface area contributed by atoms with Crippen LogP contribution in [-0.4, -0.2) is 32.0 Å². The van der Waals surface area contributed by atoms with Gasteiger partial charge in [0.25, 0.3) is 0 Å². The number of carbonyl (C=O) groups is 2. The molecule has 10 nitrogen and oxygen atoms in total. The molecule has 4 rings (SSSR count). The molecule has 12 heteroatoms. The highest BCUT2D eigenvalue weighted by Gasteiger charge is 2.20. The van der Waals surface area contributed by atoms with Crippen LogP contribution in [0, 0.1) is 38.8 Å². The Morgan fingerprint density at radius 2 is 1.18 bits per heavy atom. The number of carboxylic acid groups (broad SMARTS) is 2. The van der Waals surface area contributed by atoms with Gasteiger partial charge in [0.2, 0.25) is 11.6 Å². The minimum Gasteiger partial charge on any atom is -0.478 e. The van der Waals surface area contributed by atoms with Gasteiger partial charge in [-0.15, -0.1) is 0 Å². The molecule has 0 amide bonds. The molecule has 0 aliphatic heterocycles. The van der Waals surface area contributed by atoms with Crippen LogP contribution in [0.25, 0.3) is 22.3 Å². The monoisotopic (exact) mass is 536 g/mol. The van der Waals surface area contributed by atoms with Crippen LogP contribution in [0.2, 0.25) is 0 Å². The van der Waals surface area contributed by atoms with Crippen LogP contribution in [0.15, 0.2) is 78.9 Å². The van der Waals surface area contributed by atoms with Crippen molar-refractivity contribution in [2.24, 2.45) is 0 Å². The molecular weight excluding hydrogens is 518 g/mol. The highest BCUT2D eigenvalue weighted by molar-refractivity contribution is 5.98. The molecule has 198 valence electrons. The zero-order valence-corrected chi connectivity index (χ0v) is 20.0. The maximum Gasteiger partial charge on any atom is 0.336 e. The topological polar surface area (TPSA) is 161 Å². The van der Waals surface area contributed by atoms with Crippen molar-refractivity contribution >= 4 is 23.3 Å². The Hall–Kier alpha value is -5.52. The molecule has 0 saturated carbocycles. The number of halogens is 2. The molecule has 39 heavy (non-hydrogen) atoms. The van der Waals surface area contributed by atoms with E-state index in [4.69, 9.17) is 5.11 Å². The normalized spacial score (nSPS) is 10.2. The molecule has 0 spiro atoms. The van der Waals surface area contributed by atoms with Gasteiger partial charge < -0.3 is 10.2 Å². The number of benzene rings is 4. The van der Waals surface area contributed by atoms with Crippen LogP contribution in [0.4, 0.5) is 20.2 Å². The highest BCUT2D eigenvalue weighted by atomic mass is 19.1. The molecule has 0 aliphatic rings. The van der Waals surface area contributed by atoms with E-state index in [0.717, 1.165) is 24.3 Å². The van der Waals surface area contributed by atoms with Gasteiger partial charge in [-0.2, -0.15) is 8.78 Å². The number of nitro benzene ring substituents is 2. The Bertz CT molecular complexity index is 1620. The lowest BCUT2D eigenvalue weighted by atomic mass is 9.95. The van der Waals surface area contributed by atoms with Gasteiger partial charge in [-0.3, -0.25) is 20.2 Å². The van der Waals surface area contributed by atoms with Gasteiger partial charge in [-0.05, 0) is 52.9 Å². The molecule has 0 fully saturated rings. The molecule has 4 aromatic carbocycles. The number of hydrogen-bond acceptors (Lipinski definition) is 6. The molecule has 0 radical (unpaired) electrons. The van der Waals surface area contributed by atoms with E-state index < -0.39 is 44.8 Å². The summed E-state index contributed by atoms with van der Waals surface area (Å²) in [6.45, 7) is 1.63. The van der Waals surface area contributed by atoms with E-state index in [1.54, 1.807) is 31.2 Å². The zero-order chi connectivity index (χ0) is 28.9. The average molecular weight is 536 g/mol. The van der Waals surface area contributed by atoms with Crippen molar-refractivity contribution < 1.29 is 38.4 Å². The van der Waals surface area contributed by atoms with E-state index in [-0.39, 0.29) is 16.7 Å². The average Bonchev–Trinajstić information content (AvgIpc) is 2.89. The Labute approximate surface area is 218 Å². The number of aromatic carboxylic acids is 2. The first kappa shape index (κ1) is 28.1. The lowest BCUT2D eigenvalue weighted by Crippen LogP contribution is -2.03. The summed E-state index contributed by atoms with van der Waals surface area (Å²) in [5.41, 5.74) is 0.417. The van der Waals surface area contributed by atoms with Crippen molar-refractivity contribution in [1.82, 2.24) is 0 Å². The van der Waals surface area contributed by atoms with Crippen molar-refractivity contribution in [1.29, 1.82) is 0 Å². The summed E-state index contributed by atoms with van der Waals surface area (Å²) in [5, 5.41) is 39.7. The minimum absolute atomic E-state index is 0.00315. The van der Waals surface area contributed by atoms with Gasteiger partial charge in [0.15, 0.2) is 0 Å². The second-order valence-electron chi connectivity index (χ2n) is 8.00. The van der Waals surface area contributed by atoms with Crippen molar-refractivity contribution in [3.8, 4) is 22.3 Å². The van der Waals surface area contributed by atoms with Crippen molar-refractivity contribution in [3.05, 3.63) is 127 Å². The van der Waals surface area contributed by atoms with E-state index >= 15 is 0 Å². The summed E-state index contributed by atoms with van der Waals surface area (Å²) in [4.78, 5) is 42.1. The van der Waals surface area contributed by atoms with Gasteiger partial charge in [0, 0.05) is 12.1 Å². The quantitative estimate of drug-likeness (QED) is 0.208. The first-order valence-corrected chi connectivity index (χ1v) is 11.0. The van der Waals surface area contributed by atoms with Crippen molar-refractivity contribution in [2.75, 3.05) is 0 Å². The van der Waals surface area contributed by atoms with Crippen LogP contribution >= 0.6 is 0 Å². The van der Waals surface area contributed by atoms with Gasteiger partial charge in [0.1, 0.15) is 0 Å². The summed E-state index contributed by atoms with van der Waals surface area (Å²) in [5.74, 6) is -4.20. The van der Waals surface area contributed by atoms with Gasteiger partial charge in [0.05, 0.1) is 21.0 Å². The van der Waals surface area contributed by atoms with Crippen molar-refractivity contribution in [3.63, 3.8) is 0 Å². The summed E-state index contributed by atoms with van der Waals surface area (Å²) < 4.78 is 26.6. The first-order valence-electron chi connectivity index (χ1n) is 11.0. The summed E-state index contributed by atoms with van der Waals surface area (Å²) in [6, 6.07) is 17.5. The lowest BCUT2D eigenvalue weighted by Gasteiger charge is -2.09. The zero-order valence-electron chi connectivity index (χ0n) is 20.0. The van der Waals surface area contributed by atoms with Gasteiger partial charge >= 0.3 is 23.3 Å². The largest absolute Gasteiger partial charge is 0.478 e. The number of rotatable bonds is 6. The van der Waals surface area contributed by atoms with Crippen LogP contribution < -0.4 is 0 Å². The van der Waals surface area contributed by atoms with Gasteiger partial charge in [-0.1, -0.05) is 48.5 Å². The molecular formula is C27H18F2N2O8. The molecule has 0 saturated heterocycles. The standard InChI is InChI=1S/C14H10FNO4.C13H8FNO4/c1-8-3-2-4-10(13(8)14(17)18)9-5-6-11(15)12(7-9)16(19)20;14-11-6-5-8(7-12(11)15(18)19)9-3-1-2-4-10(9)13(16)17/h2-7H,1H3,(H,17,18);1-7H,(H,16,17). The van der Waals surface area contributed by atoms with Crippen molar-refractivity contribution in [2.45, 2.75) is 6.92 Å². The number of nitro groups is 2. The summed E-state index contributed by atoms with van der Waals surface area (Å²) >= 11 is 0. The third-order valence-corrected chi connectivity index (χ3v) is 5.55. The third kappa shape index (κ3) is 6.25. The number of aryl methyl sites for hydroxylation is 1. The number of hydrogen-bond donors (Lipinski definition) is 2. The van der Waals surface area contributed by atoms with Crippen LogP contribution in [0.5, 0.6) is 0 Å². The molecule has 0 aliphatic carbocycles. The van der Waals surface area contributed by atoms with Crippen LogP contribution in [0.3, 0.4) is 0 Å². The van der Waals surface area contributed by atoms with E-state index in [1.807, 2.05) is 0 Å². The molecule has 0 atom stereocenters. The molecule has 0 bridgehead atoms. The highest BCUT2D eigenvalue weighted by Crippen LogP contribution is 2.31. The van der Waals surface area contributed by atoms with Crippen LogP contribution in [0.1, 0.15) is 26.3 Å². The van der Waals surface area contributed by atoms with E-state index in [0.29, 0.717) is 22.3 Å². The Morgan fingerprint density at radius 3 is 1.67 bits per heavy atom. The fraction of sp³-hybridized carbons (Fsp3) is 0.0370. The second-order valence-corrected chi connectivity index (χ2v) is 8.00. The number of carboxylic acids is 2. The molecule has 2 N–H and O–H groups in total. The molecule has 0 heterocycles. The van der Waals surface area contributed by atoms with E-state index in [9.17, 15) is 43.7 Å². The minimum atomic E-state index is -1.15. The van der Waals surface area contributed by atoms with E-state index in [1.165, 1.54) is 30.3 Å². The lowest BCUT2D eigenvalue weighted by molar-refractivity contribution is -0.387. The predicted octanol–water partition coefficient (Wildman–Crippen LogP) is 6.51. The Kier molecular flexibility index (Phi) is 8.41. The predicted molar refractivity (Wildman–Crippen MR) is 136 cm³/mol. The first-order chi connectivity index (χ1) is 18.4. The smallest absolute Gasteiger partial charge is 0.336 e. The Morgan fingerprint density at radius 1 is 0.692 bits per heavy atom. The maximum absolute atomic E-state index is 13.3. The summed E-state index contributed by atoms with van der Waals surface area (Å²) in [7, 11) is 0. The fourth-order valence-corrected chi connectivity index (χ4v) is 3.75. The molecule has 0 aromatic heterocycles. The van der Waals surface area contributed by atoms with Gasteiger partial charge in [-0.25, -0.2) is 9.59 Å².